The van der Waals surface area contributed by atoms with Crippen molar-refractivity contribution in [2.24, 2.45) is 0 Å². The molecule has 0 saturated heterocycles. The fraction of sp³-hybridized carbons (Fsp3) is 0.222. The first kappa shape index (κ1) is 27.1. The Morgan fingerprint density at radius 2 is 1.61 bits per heavy atom. The highest BCUT2D eigenvalue weighted by atomic mass is 31.2. The summed E-state index contributed by atoms with van der Waals surface area (Å²) in [7, 11) is -2.08. The molecule has 1 heterocycles. The number of ether oxygens (including phenoxy) is 2. The average molecular weight is 537 g/mol. The summed E-state index contributed by atoms with van der Waals surface area (Å²) in [4.78, 5) is 21.5. The Labute approximate surface area is 220 Å². The van der Waals surface area contributed by atoms with E-state index in [1.165, 1.54) is 13.4 Å². The van der Waals surface area contributed by atoms with Crippen molar-refractivity contribution in [3.63, 3.8) is 0 Å². The van der Waals surface area contributed by atoms with Crippen LogP contribution in [0.4, 0.5) is 17.2 Å². The fourth-order valence-corrected chi connectivity index (χ4v) is 5.18. The molecule has 0 aliphatic rings. The minimum absolute atomic E-state index is 0.162. The van der Waals surface area contributed by atoms with E-state index in [1.54, 1.807) is 26.0 Å². The number of para-hydroxylation sites is 1. The van der Waals surface area contributed by atoms with E-state index in [0.29, 0.717) is 33.9 Å². The Morgan fingerprint density at radius 3 is 2.26 bits per heavy atom. The molecule has 10 nitrogen and oxygen atoms in total. The first-order valence-corrected chi connectivity index (χ1v) is 13.8. The van der Waals surface area contributed by atoms with Gasteiger partial charge in [0.15, 0.2) is 0 Å². The lowest BCUT2D eigenvalue weighted by molar-refractivity contribution is -0.114. The highest BCUT2D eigenvalue weighted by Crippen LogP contribution is 2.48. The Hall–Kier alpha value is -3.98. The third-order valence-electron chi connectivity index (χ3n) is 5.32. The Bertz CT molecular complexity index is 1420. The monoisotopic (exact) mass is 536 g/mol. The number of amides is 1. The molecule has 1 amide bonds. The van der Waals surface area contributed by atoms with Crippen LogP contribution in [0.25, 0.3) is 10.9 Å². The smallest absolute Gasteiger partial charge is 0.340 e. The third kappa shape index (κ3) is 6.86. The first-order valence-electron chi connectivity index (χ1n) is 12.0. The van der Waals surface area contributed by atoms with Crippen molar-refractivity contribution in [1.29, 1.82) is 0 Å². The van der Waals surface area contributed by atoms with Crippen LogP contribution in [0, 0.1) is 0 Å². The molecule has 0 saturated carbocycles. The van der Waals surface area contributed by atoms with E-state index in [-0.39, 0.29) is 13.2 Å². The molecule has 0 radical (unpaired) electrons. The van der Waals surface area contributed by atoms with Gasteiger partial charge in [0, 0.05) is 17.1 Å². The highest BCUT2D eigenvalue weighted by molar-refractivity contribution is 7.54. The van der Waals surface area contributed by atoms with Crippen molar-refractivity contribution in [2.45, 2.75) is 13.8 Å². The fourth-order valence-electron chi connectivity index (χ4n) is 3.71. The SMILES string of the molecule is CCOP(=O)(CC(=O)Nc1cc2c(Nc3ccc(Oc4ccccc4)cc3)ncnc2cc1OC)OCC. The molecule has 0 unspecified atom stereocenters. The number of carbonyl (C=O) groups is 1. The molecular formula is C27H29N4O6P. The zero-order valence-electron chi connectivity index (χ0n) is 21.3. The average Bonchev–Trinajstić information content (AvgIpc) is 2.90. The van der Waals surface area contributed by atoms with Gasteiger partial charge in [0.05, 0.1) is 31.5 Å². The highest BCUT2D eigenvalue weighted by Gasteiger charge is 2.28. The summed E-state index contributed by atoms with van der Waals surface area (Å²) >= 11 is 0. The van der Waals surface area contributed by atoms with Gasteiger partial charge in [0.2, 0.25) is 5.91 Å². The number of nitrogens with one attached hydrogen (secondary N) is 2. The third-order valence-corrected chi connectivity index (χ3v) is 7.29. The number of nitrogens with zero attached hydrogens (tertiary/aromatic N) is 2. The molecule has 4 aromatic rings. The minimum Gasteiger partial charge on any atom is -0.494 e. The molecule has 4 rings (SSSR count). The molecule has 38 heavy (non-hydrogen) atoms. The van der Waals surface area contributed by atoms with Gasteiger partial charge in [0.25, 0.3) is 0 Å². The van der Waals surface area contributed by atoms with Crippen molar-refractivity contribution in [3.05, 3.63) is 73.1 Å². The molecule has 0 fully saturated rings. The van der Waals surface area contributed by atoms with Crippen molar-refractivity contribution < 1.29 is 27.9 Å². The number of rotatable bonds is 12. The van der Waals surface area contributed by atoms with Crippen LogP contribution in [-0.4, -0.2) is 42.4 Å². The van der Waals surface area contributed by atoms with Gasteiger partial charge in [-0.05, 0) is 56.3 Å². The molecule has 2 N–H and O–H groups in total. The normalized spacial score (nSPS) is 11.2. The van der Waals surface area contributed by atoms with Crippen molar-refractivity contribution in [1.82, 2.24) is 9.97 Å². The number of carbonyl (C=O) groups excluding carboxylic acids is 1. The Balaban J connectivity index is 1.55. The quantitative estimate of drug-likeness (QED) is 0.199. The summed E-state index contributed by atoms with van der Waals surface area (Å²) in [6.07, 6.45) is 1.01. The Kier molecular flexibility index (Phi) is 8.91. The van der Waals surface area contributed by atoms with E-state index < -0.39 is 19.7 Å². The summed E-state index contributed by atoms with van der Waals surface area (Å²) in [5, 5.41) is 6.68. The Morgan fingerprint density at radius 1 is 0.921 bits per heavy atom. The maximum Gasteiger partial charge on any atom is 0.340 e. The predicted octanol–water partition coefficient (Wildman–Crippen LogP) is 6.38. The maximum atomic E-state index is 12.8. The number of aromatic nitrogens is 2. The van der Waals surface area contributed by atoms with Crippen LogP contribution < -0.4 is 20.1 Å². The number of benzene rings is 3. The standard InChI is InChI=1S/C27H29N4O6P/c1-4-35-38(33,36-5-2)17-26(32)31-24-15-22-23(16-25(24)34-3)28-18-29-27(22)30-19-11-13-21(14-12-19)37-20-9-7-6-8-10-20/h6-16,18H,4-5,17H2,1-3H3,(H,31,32)(H,28,29,30). The molecule has 0 aliphatic heterocycles. The summed E-state index contributed by atoms with van der Waals surface area (Å²) in [5.41, 5.74) is 1.76. The molecule has 1 aromatic heterocycles. The number of hydrogen-bond donors (Lipinski definition) is 2. The van der Waals surface area contributed by atoms with Crippen molar-refractivity contribution in [3.8, 4) is 17.2 Å². The summed E-state index contributed by atoms with van der Waals surface area (Å²) < 4.78 is 34.6. The molecule has 0 atom stereocenters. The van der Waals surface area contributed by atoms with E-state index in [0.717, 1.165) is 11.4 Å². The number of hydrogen-bond acceptors (Lipinski definition) is 9. The van der Waals surface area contributed by atoms with E-state index in [4.69, 9.17) is 18.5 Å². The van der Waals surface area contributed by atoms with E-state index >= 15 is 0 Å². The zero-order valence-corrected chi connectivity index (χ0v) is 22.2. The van der Waals surface area contributed by atoms with Gasteiger partial charge in [-0.3, -0.25) is 9.36 Å². The van der Waals surface area contributed by atoms with Gasteiger partial charge < -0.3 is 29.2 Å². The van der Waals surface area contributed by atoms with Gasteiger partial charge in [0.1, 0.15) is 35.6 Å². The molecule has 11 heteroatoms. The van der Waals surface area contributed by atoms with E-state index in [9.17, 15) is 9.36 Å². The van der Waals surface area contributed by atoms with Gasteiger partial charge in [-0.15, -0.1) is 0 Å². The zero-order chi connectivity index (χ0) is 27.0. The second kappa shape index (κ2) is 12.5. The van der Waals surface area contributed by atoms with Crippen LogP contribution in [0.3, 0.4) is 0 Å². The van der Waals surface area contributed by atoms with Crippen LogP contribution >= 0.6 is 7.60 Å². The maximum absolute atomic E-state index is 12.8. The summed E-state index contributed by atoms with van der Waals surface area (Å²) in [5.74, 6) is 1.82. The van der Waals surface area contributed by atoms with E-state index in [1.807, 2.05) is 54.6 Å². The van der Waals surface area contributed by atoms with Crippen LogP contribution in [-0.2, 0) is 18.4 Å². The molecule has 0 spiro atoms. The molecule has 0 aliphatic carbocycles. The number of anilines is 3. The van der Waals surface area contributed by atoms with Gasteiger partial charge in [-0.1, -0.05) is 18.2 Å². The summed E-state index contributed by atoms with van der Waals surface area (Å²) in [6.45, 7) is 3.70. The van der Waals surface area contributed by atoms with Gasteiger partial charge >= 0.3 is 7.60 Å². The minimum atomic E-state index is -3.57. The lowest BCUT2D eigenvalue weighted by Gasteiger charge is -2.17. The van der Waals surface area contributed by atoms with Crippen molar-refractivity contribution >= 4 is 41.6 Å². The second-order valence-corrected chi connectivity index (χ2v) is 10.1. The van der Waals surface area contributed by atoms with Gasteiger partial charge in [-0.25, -0.2) is 9.97 Å². The number of fused-ring (bicyclic) bond motifs is 1. The van der Waals surface area contributed by atoms with Crippen LogP contribution in [0.5, 0.6) is 17.2 Å². The number of methoxy groups -OCH3 is 1. The van der Waals surface area contributed by atoms with Crippen LogP contribution in [0.15, 0.2) is 73.1 Å². The second-order valence-electron chi connectivity index (χ2n) is 8.01. The molecule has 0 bridgehead atoms. The molecular weight excluding hydrogens is 507 g/mol. The van der Waals surface area contributed by atoms with Gasteiger partial charge in [-0.2, -0.15) is 0 Å². The predicted molar refractivity (Wildman–Crippen MR) is 147 cm³/mol. The largest absolute Gasteiger partial charge is 0.494 e. The summed E-state index contributed by atoms with van der Waals surface area (Å²) in [6, 6.07) is 20.4. The van der Waals surface area contributed by atoms with E-state index in [2.05, 4.69) is 20.6 Å². The lowest BCUT2D eigenvalue weighted by atomic mass is 10.2. The molecule has 198 valence electrons. The topological polar surface area (TPSA) is 121 Å². The van der Waals surface area contributed by atoms with Crippen LogP contribution in [0.2, 0.25) is 0 Å². The van der Waals surface area contributed by atoms with Crippen LogP contribution in [0.1, 0.15) is 13.8 Å². The van der Waals surface area contributed by atoms with Crippen molar-refractivity contribution in [2.75, 3.05) is 37.1 Å². The molecule has 3 aromatic carbocycles. The first-order chi connectivity index (χ1) is 18.4. The lowest BCUT2D eigenvalue weighted by Crippen LogP contribution is -2.18.